The first-order valence-electron chi connectivity index (χ1n) is 10.1. The van der Waals surface area contributed by atoms with Gasteiger partial charge in [-0.2, -0.15) is 0 Å². The van der Waals surface area contributed by atoms with Crippen LogP contribution in [0.2, 0.25) is 0 Å². The Kier molecular flexibility index (Phi) is 8.19. The van der Waals surface area contributed by atoms with Gasteiger partial charge in [0.15, 0.2) is 0 Å². The Morgan fingerprint density at radius 1 is 0.914 bits per heavy atom. The molecule has 6 N–H and O–H groups in total. The first-order valence-corrected chi connectivity index (χ1v) is 13.1. The Bertz CT molecular complexity index is 1430. The molecular weight excluding hydrogens is 494 g/mol. The molecule has 0 aliphatic carbocycles. The highest BCUT2D eigenvalue weighted by Crippen LogP contribution is 2.23. The van der Waals surface area contributed by atoms with E-state index in [9.17, 15) is 26.7 Å². The summed E-state index contributed by atoms with van der Waals surface area (Å²) in [5, 5.41) is 9.51. The van der Waals surface area contributed by atoms with Crippen LogP contribution in [0.1, 0.15) is 11.5 Å². The lowest BCUT2D eigenvalue weighted by Crippen LogP contribution is -2.31. The van der Waals surface area contributed by atoms with E-state index in [2.05, 4.69) is 19.9 Å². The standard InChI is InChI=1S/C22H23N5O6S2/c23-25-15-24-17-8-4-11-20(12-17)35(32,33)27-18-9-5-10-19(13-18)34(30,31)26-14-21(22(28)29)16-6-2-1-3-7-16/h1-13,15,21,26-27H,14,23H2,(H,24,25)(H,28,29). The van der Waals surface area contributed by atoms with E-state index in [1.807, 2.05) is 0 Å². The summed E-state index contributed by atoms with van der Waals surface area (Å²) in [7, 11) is -8.21. The monoisotopic (exact) mass is 517 g/mol. The van der Waals surface area contributed by atoms with Crippen LogP contribution in [0.5, 0.6) is 0 Å². The van der Waals surface area contributed by atoms with Gasteiger partial charge in [0.2, 0.25) is 10.0 Å². The molecule has 0 radical (unpaired) electrons. The fraction of sp³-hybridized carbons (Fsp3) is 0.0909. The number of anilines is 1. The number of carboxylic acids is 1. The molecule has 1 atom stereocenters. The predicted molar refractivity (Wildman–Crippen MR) is 131 cm³/mol. The number of hydrogen-bond donors (Lipinski definition) is 5. The van der Waals surface area contributed by atoms with Crippen LogP contribution in [0, 0.1) is 0 Å². The zero-order valence-corrected chi connectivity index (χ0v) is 19.8. The van der Waals surface area contributed by atoms with Crippen molar-refractivity contribution in [2.24, 2.45) is 10.8 Å². The lowest BCUT2D eigenvalue weighted by Gasteiger charge is -2.15. The normalized spacial score (nSPS) is 12.8. The molecule has 184 valence electrons. The third-order valence-corrected chi connectivity index (χ3v) is 7.59. The van der Waals surface area contributed by atoms with Crippen LogP contribution in [-0.4, -0.2) is 40.8 Å². The molecular formula is C22H23N5O6S2. The highest BCUT2D eigenvalue weighted by molar-refractivity contribution is 7.92. The average molecular weight is 518 g/mol. The maximum absolute atomic E-state index is 12.8. The summed E-state index contributed by atoms with van der Waals surface area (Å²) in [6.07, 6.45) is 1.19. The smallest absolute Gasteiger partial charge is 0.312 e. The van der Waals surface area contributed by atoms with Crippen molar-refractivity contribution in [2.75, 3.05) is 11.3 Å². The molecule has 0 aliphatic heterocycles. The summed E-state index contributed by atoms with van der Waals surface area (Å²) >= 11 is 0. The maximum atomic E-state index is 12.8. The number of carboxylic acid groups (broad SMARTS) is 1. The van der Waals surface area contributed by atoms with Gasteiger partial charge in [-0.25, -0.2) is 32.4 Å². The van der Waals surface area contributed by atoms with Gasteiger partial charge in [0.05, 0.1) is 27.1 Å². The highest BCUT2D eigenvalue weighted by Gasteiger charge is 2.24. The van der Waals surface area contributed by atoms with E-state index >= 15 is 0 Å². The minimum atomic E-state index is -4.14. The molecule has 1 unspecified atom stereocenters. The summed E-state index contributed by atoms with van der Waals surface area (Å²) in [5.41, 5.74) is 2.99. The molecule has 0 aliphatic rings. The van der Waals surface area contributed by atoms with Gasteiger partial charge < -0.3 is 10.5 Å². The number of hydrazine groups is 1. The van der Waals surface area contributed by atoms with Crippen molar-refractivity contribution in [1.29, 1.82) is 0 Å². The number of nitrogens with one attached hydrogen (secondary N) is 3. The Labute approximate surface area is 202 Å². The molecule has 11 nitrogen and oxygen atoms in total. The second-order valence-electron chi connectivity index (χ2n) is 7.21. The molecule has 0 saturated heterocycles. The van der Waals surface area contributed by atoms with Crippen molar-refractivity contribution in [3.05, 3.63) is 84.4 Å². The van der Waals surface area contributed by atoms with E-state index in [1.54, 1.807) is 36.4 Å². The van der Waals surface area contributed by atoms with Gasteiger partial charge in [0.25, 0.3) is 10.0 Å². The number of rotatable bonds is 11. The van der Waals surface area contributed by atoms with Crippen LogP contribution < -0.4 is 20.7 Å². The van der Waals surface area contributed by atoms with Gasteiger partial charge in [-0.15, -0.1) is 0 Å². The fourth-order valence-corrected chi connectivity index (χ4v) is 5.27. The number of hydrogen-bond acceptors (Lipinski definition) is 7. The molecule has 3 aromatic carbocycles. The zero-order chi connectivity index (χ0) is 25.5. The molecule has 13 heteroatoms. The average Bonchev–Trinajstić information content (AvgIpc) is 2.83. The van der Waals surface area contributed by atoms with E-state index < -0.39 is 31.9 Å². The van der Waals surface area contributed by atoms with Gasteiger partial charge >= 0.3 is 5.97 Å². The minimum absolute atomic E-state index is 0.00301. The molecule has 0 fully saturated rings. The molecule has 3 rings (SSSR count). The predicted octanol–water partition coefficient (Wildman–Crippen LogP) is 1.76. The van der Waals surface area contributed by atoms with Crippen molar-refractivity contribution in [3.8, 4) is 0 Å². The first kappa shape index (κ1) is 25.8. The van der Waals surface area contributed by atoms with Gasteiger partial charge in [-0.3, -0.25) is 9.52 Å². The van der Waals surface area contributed by atoms with E-state index in [4.69, 9.17) is 5.84 Å². The second-order valence-corrected chi connectivity index (χ2v) is 10.7. The van der Waals surface area contributed by atoms with Crippen molar-refractivity contribution in [3.63, 3.8) is 0 Å². The number of nitrogens with two attached hydrogens (primary N) is 1. The van der Waals surface area contributed by atoms with E-state index in [0.717, 1.165) is 6.07 Å². The van der Waals surface area contributed by atoms with E-state index in [-0.39, 0.29) is 22.0 Å². The van der Waals surface area contributed by atoms with Crippen LogP contribution >= 0.6 is 0 Å². The largest absolute Gasteiger partial charge is 0.481 e. The molecule has 0 aromatic heterocycles. The minimum Gasteiger partial charge on any atom is -0.481 e. The summed E-state index contributed by atoms with van der Waals surface area (Å²) < 4.78 is 55.8. The summed E-state index contributed by atoms with van der Waals surface area (Å²) in [4.78, 5) is 15.3. The molecule has 0 saturated carbocycles. The van der Waals surface area contributed by atoms with Gasteiger partial charge in [0, 0.05) is 6.54 Å². The molecule has 3 aromatic rings. The lowest BCUT2D eigenvalue weighted by molar-refractivity contribution is -0.138. The Morgan fingerprint density at radius 3 is 2.23 bits per heavy atom. The first-order chi connectivity index (χ1) is 16.6. The number of sulfonamides is 2. The van der Waals surface area contributed by atoms with Crippen molar-refractivity contribution < 1.29 is 26.7 Å². The number of aliphatic carboxylic acids is 1. The SMILES string of the molecule is NNC=Nc1cccc(S(=O)(=O)Nc2cccc(S(=O)(=O)NCC(C(=O)O)c3ccccc3)c2)c1. The Morgan fingerprint density at radius 2 is 1.57 bits per heavy atom. The summed E-state index contributed by atoms with van der Waals surface area (Å²) in [5.74, 6) is 2.83. The van der Waals surface area contributed by atoms with Crippen LogP contribution in [0.15, 0.2) is 93.6 Å². The van der Waals surface area contributed by atoms with Crippen LogP contribution in [0.3, 0.4) is 0 Å². The van der Waals surface area contributed by atoms with Gasteiger partial charge in [-0.05, 0) is 42.0 Å². The third kappa shape index (κ3) is 6.86. The van der Waals surface area contributed by atoms with Crippen LogP contribution in [0.25, 0.3) is 0 Å². The Balaban J connectivity index is 1.79. The van der Waals surface area contributed by atoms with Gasteiger partial charge in [0.1, 0.15) is 6.34 Å². The summed E-state index contributed by atoms with van der Waals surface area (Å²) in [6.45, 7) is -0.386. The molecule has 35 heavy (non-hydrogen) atoms. The number of nitrogens with zero attached hydrogens (tertiary/aromatic N) is 1. The molecule has 0 amide bonds. The van der Waals surface area contributed by atoms with Crippen molar-refractivity contribution >= 4 is 43.7 Å². The third-order valence-electron chi connectivity index (χ3n) is 4.79. The van der Waals surface area contributed by atoms with E-state index in [1.165, 1.54) is 42.7 Å². The highest BCUT2D eigenvalue weighted by atomic mass is 32.2. The molecule has 0 spiro atoms. The number of benzene rings is 3. The quantitative estimate of drug-likeness (QED) is 0.110. The maximum Gasteiger partial charge on any atom is 0.312 e. The fourth-order valence-electron chi connectivity index (χ4n) is 3.09. The Hall–Kier alpha value is -3.78. The van der Waals surface area contributed by atoms with Crippen LogP contribution in [0.4, 0.5) is 11.4 Å². The number of aliphatic imine (C=N–C) groups is 1. The van der Waals surface area contributed by atoms with Gasteiger partial charge in [-0.1, -0.05) is 42.5 Å². The van der Waals surface area contributed by atoms with Crippen molar-refractivity contribution in [2.45, 2.75) is 15.7 Å². The van der Waals surface area contributed by atoms with Crippen LogP contribution in [-0.2, 0) is 24.8 Å². The van der Waals surface area contributed by atoms with Crippen molar-refractivity contribution in [1.82, 2.24) is 10.1 Å². The van der Waals surface area contributed by atoms with E-state index in [0.29, 0.717) is 11.3 Å². The lowest BCUT2D eigenvalue weighted by atomic mass is 10.00. The molecule has 0 heterocycles. The number of carbonyl (C=O) groups is 1. The zero-order valence-electron chi connectivity index (χ0n) is 18.2. The molecule has 0 bridgehead atoms. The topological polar surface area (TPSA) is 180 Å². The second kappa shape index (κ2) is 11.1. The summed E-state index contributed by atoms with van der Waals surface area (Å²) in [6, 6.07) is 19.1.